The van der Waals surface area contributed by atoms with Gasteiger partial charge >= 0.3 is 17.9 Å². The van der Waals surface area contributed by atoms with Crippen LogP contribution in [-0.4, -0.2) is 37.2 Å². The number of hydrogen-bond donors (Lipinski definition) is 0. The predicted molar refractivity (Wildman–Crippen MR) is 270 cm³/mol. The second kappa shape index (κ2) is 52.5. The van der Waals surface area contributed by atoms with E-state index < -0.39 is 6.10 Å². The van der Waals surface area contributed by atoms with Crippen molar-refractivity contribution < 1.29 is 28.6 Å². The number of allylic oxidation sites excluding steroid dienone is 4. The molecule has 0 spiro atoms. The Morgan fingerprint density at radius 2 is 0.524 bits per heavy atom. The van der Waals surface area contributed by atoms with E-state index in [0.29, 0.717) is 19.3 Å². The summed E-state index contributed by atoms with van der Waals surface area (Å²) in [6.07, 6.45) is 60.2. The first-order valence-electron chi connectivity index (χ1n) is 27.8. The van der Waals surface area contributed by atoms with Crippen LogP contribution in [0.4, 0.5) is 0 Å². The van der Waals surface area contributed by atoms with Gasteiger partial charge in [0.05, 0.1) is 0 Å². The molecule has 0 rings (SSSR count). The standard InChI is InChI=1S/C57H106O6/c1-4-7-10-13-16-19-22-25-27-28-30-33-35-38-41-44-47-50-56(59)62-53-54(63-57(60)51-48-45-42-39-36-31-24-21-18-15-12-9-6-3)52-61-55(58)49-46-43-40-37-34-32-29-26-23-20-17-14-11-8-5-2/h21,24-25,27,54H,4-20,22-23,26,28-53H2,1-3H3/b24-21-,27-25-/t54-/m0/s1. The summed E-state index contributed by atoms with van der Waals surface area (Å²) in [6, 6.07) is 0. The fourth-order valence-electron chi connectivity index (χ4n) is 8.20. The van der Waals surface area contributed by atoms with Crippen molar-refractivity contribution in [3.05, 3.63) is 24.3 Å². The van der Waals surface area contributed by atoms with Crippen LogP contribution in [-0.2, 0) is 28.6 Å². The molecule has 0 aliphatic rings. The molecule has 0 aromatic carbocycles. The van der Waals surface area contributed by atoms with Crippen molar-refractivity contribution in [2.45, 2.75) is 309 Å². The van der Waals surface area contributed by atoms with E-state index in [4.69, 9.17) is 14.2 Å². The van der Waals surface area contributed by atoms with Crippen molar-refractivity contribution in [3.63, 3.8) is 0 Å². The molecule has 1 atom stereocenters. The van der Waals surface area contributed by atoms with Crippen LogP contribution in [0.15, 0.2) is 24.3 Å². The highest BCUT2D eigenvalue weighted by atomic mass is 16.6. The smallest absolute Gasteiger partial charge is 0.306 e. The fraction of sp³-hybridized carbons (Fsp3) is 0.877. The minimum Gasteiger partial charge on any atom is -0.462 e. The molecule has 63 heavy (non-hydrogen) atoms. The molecule has 0 fully saturated rings. The van der Waals surface area contributed by atoms with Gasteiger partial charge < -0.3 is 14.2 Å². The monoisotopic (exact) mass is 887 g/mol. The summed E-state index contributed by atoms with van der Waals surface area (Å²) in [4.78, 5) is 38.1. The summed E-state index contributed by atoms with van der Waals surface area (Å²) < 4.78 is 16.8. The highest BCUT2D eigenvalue weighted by molar-refractivity contribution is 5.71. The van der Waals surface area contributed by atoms with Gasteiger partial charge in [0.25, 0.3) is 0 Å². The molecule has 0 bridgehead atoms. The van der Waals surface area contributed by atoms with Crippen LogP contribution in [0.2, 0.25) is 0 Å². The molecule has 0 aromatic rings. The van der Waals surface area contributed by atoms with E-state index in [1.165, 1.54) is 199 Å². The first-order valence-corrected chi connectivity index (χ1v) is 27.8. The average molecular weight is 887 g/mol. The number of unbranched alkanes of at least 4 members (excludes halogenated alkanes) is 36. The molecule has 0 aliphatic heterocycles. The van der Waals surface area contributed by atoms with Crippen molar-refractivity contribution in [1.29, 1.82) is 0 Å². The maximum atomic E-state index is 12.8. The minimum absolute atomic E-state index is 0.0718. The highest BCUT2D eigenvalue weighted by Gasteiger charge is 2.19. The van der Waals surface area contributed by atoms with E-state index in [9.17, 15) is 14.4 Å². The van der Waals surface area contributed by atoms with Gasteiger partial charge in [0.1, 0.15) is 13.2 Å². The van der Waals surface area contributed by atoms with Gasteiger partial charge in [-0.1, -0.05) is 238 Å². The van der Waals surface area contributed by atoms with Crippen LogP contribution >= 0.6 is 0 Å². The molecule has 0 aromatic heterocycles. The Morgan fingerprint density at radius 1 is 0.302 bits per heavy atom. The molecule has 0 radical (unpaired) electrons. The van der Waals surface area contributed by atoms with Crippen LogP contribution in [0.5, 0.6) is 0 Å². The normalized spacial score (nSPS) is 12.1. The zero-order chi connectivity index (χ0) is 45.8. The van der Waals surface area contributed by atoms with Crippen molar-refractivity contribution in [2.75, 3.05) is 13.2 Å². The Hall–Kier alpha value is -2.11. The Kier molecular flexibility index (Phi) is 50.8. The third-order valence-electron chi connectivity index (χ3n) is 12.4. The van der Waals surface area contributed by atoms with E-state index in [1.54, 1.807) is 0 Å². The summed E-state index contributed by atoms with van der Waals surface area (Å²) in [5.74, 6) is -0.868. The van der Waals surface area contributed by atoms with Crippen molar-refractivity contribution in [2.24, 2.45) is 0 Å². The molecular formula is C57H106O6. The van der Waals surface area contributed by atoms with Crippen molar-refractivity contribution in [1.82, 2.24) is 0 Å². The molecule has 6 heteroatoms. The SMILES string of the molecule is CCCCCC/C=C\CCCCCCCC(=O)O[C@H](COC(=O)CCCCCCCCC/C=C\CCCCCCCC)COC(=O)CCCCCCCCCCCCCCCCC. The first kappa shape index (κ1) is 60.9. The van der Waals surface area contributed by atoms with Gasteiger partial charge in [0.2, 0.25) is 0 Å². The van der Waals surface area contributed by atoms with Gasteiger partial charge in [-0.15, -0.1) is 0 Å². The van der Waals surface area contributed by atoms with E-state index in [1.807, 2.05) is 0 Å². The summed E-state index contributed by atoms with van der Waals surface area (Å²) in [5.41, 5.74) is 0. The lowest BCUT2D eigenvalue weighted by molar-refractivity contribution is -0.167. The fourth-order valence-corrected chi connectivity index (χ4v) is 8.20. The molecule has 0 heterocycles. The number of carbonyl (C=O) groups excluding carboxylic acids is 3. The predicted octanol–water partition coefficient (Wildman–Crippen LogP) is 18.3. The Morgan fingerprint density at radius 3 is 0.810 bits per heavy atom. The summed E-state index contributed by atoms with van der Waals surface area (Å²) in [7, 11) is 0. The third kappa shape index (κ3) is 50.7. The molecule has 0 saturated heterocycles. The number of ether oxygens (including phenoxy) is 3. The summed E-state index contributed by atoms with van der Waals surface area (Å²) >= 11 is 0. The number of carbonyl (C=O) groups is 3. The lowest BCUT2D eigenvalue weighted by Crippen LogP contribution is -2.30. The second-order valence-corrected chi connectivity index (χ2v) is 18.8. The number of rotatable bonds is 51. The van der Waals surface area contributed by atoms with Crippen LogP contribution in [0.25, 0.3) is 0 Å². The maximum Gasteiger partial charge on any atom is 0.306 e. The zero-order valence-corrected chi connectivity index (χ0v) is 42.4. The van der Waals surface area contributed by atoms with Gasteiger partial charge in [-0.3, -0.25) is 14.4 Å². The molecule has 370 valence electrons. The van der Waals surface area contributed by atoms with Gasteiger partial charge in [0, 0.05) is 19.3 Å². The van der Waals surface area contributed by atoms with Crippen LogP contribution in [0.3, 0.4) is 0 Å². The molecule has 0 N–H and O–H groups in total. The number of hydrogen-bond acceptors (Lipinski definition) is 6. The van der Waals surface area contributed by atoms with Gasteiger partial charge in [-0.2, -0.15) is 0 Å². The topological polar surface area (TPSA) is 78.9 Å². The van der Waals surface area contributed by atoms with Gasteiger partial charge in [0.15, 0.2) is 6.10 Å². The Bertz CT molecular complexity index is 1020. The second-order valence-electron chi connectivity index (χ2n) is 18.8. The summed E-state index contributed by atoms with van der Waals surface area (Å²) in [5, 5.41) is 0. The molecule has 0 unspecified atom stereocenters. The van der Waals surface area contributed by atoms with Crippen LogP contribution in [0, 0.1) is 0 Å². The lowest BCUT2D eigenvalue weighted by Gasteiger charge is -2.18. The van der Waals surface area contributed by atoms with E-state index in [0.717, 1.165) is 64.2 Å². The molecule has 6 nitrogen and oxygen atoms in total. The maximum absolute atomic E-state index is 12.8. The highest BCUT2D eigenvalue weighted by Crippen LogP contribution is 2.16. The van der Waals surface area contributed by atoms with Crippen LogP contribution in [0.1, 0.15) is 303 Å². The van der Waals surface area contributed by atoms with Crippen molar-refractivity contribution in [3.8, 4) is 0 Å². The minimum atomic E-state index is -0.773. The summed E-state index contributed by atoms with van der Waals surface area (Å²) in [6.45, 7) is 6.65. The number of esters is 3. The zero-order valence-electron chi connectivity index (χ0n) is 42.4. The van der Waals surface area contributed by atoms with Crippen LogP contribution < -0.4 is 0 Å². The van der Waals surface area contributed by atoms with E-state index >= 15 is 0 Å². The first-order chi connectivity index (χ1) is 31.0. The van der Waals surface area contributed by atoms with E-state index in [2.05, 4.69) is 45.1 Å². The average Bonchev–Trinajstić information content (AvgIpc) is 3.28. The molecule has 0 aliphatic carbocycles. The molecular weight excluding hydrogens is 781 g/mol. The Balaban J connectivity index is 4.33. The van der Waals surface area contributed by atoms with Gasteiger partial charge in [-0.05, 0) is 70.6 Å². The Labute approximate surface area is 392 Å². The largest absolute Gasteiger partial charge is 0.462 e. The van der Waals surface area contributed by atoms with E-state index in [-0.39, 0.29) is 31.1 Å². The molecule has 0 amide bonds. The van der Waals surface area contributed by atoms with Crippen molar-refractivity contribution >= 4 is 17.9 Å². The quantitative estimate of drug-likeness (QED) is 0.0262. The third-order valence-corrected chi connectivity index (χ3v) is 12.4. The lowest BCUT2D eigenvalue weighted by atomic mass is 10.0. The van der Waals surface area contributed by atoms with Gasteiger partial charge in [-0.25, -0.2) is 0 Å². The molecule has 0 saturated carbocycles.